The summed E-state index contributed by atoms with van der Waals surface area (Å²) < 4.78 is 1.77. The zero-order valence-corrected chi connectivity index (χ0v) is 9.41. The van der Waals surface area contributed by atoms with E-state index in [4.69, 9.17) is 0 Å². The van der Waals surface area contributed by atoms with Gasteiger partial charge in [0, 0.05) is 18.0 Å². The van der Waals surface area contributed by atoms with E-state index in [-0.39, 0.29) is 0 Å². The van der Waals surface area contributed by atoms with E-state index < -0.39 is 0 Å². The van der Waals surface area contributed by atoms with E-state index in [1.54, 1.807) is 17.0 Å². The van der Waals surface area contributed by atoms with Gasteiger partial charge >= 0.3 is 0 Å². The maximum atomic E-state index is 4.52. The molecule has 0 unspecified atom stereocenters. The molecule has 4 rings (SSSR count). The van der Waals surface area contributed by atoms with E-state index in [0.29, 0.717) is 0 Å². The normalized spacial score (nSPS) is 11.3. The lowest BCUT2D eigenvalue weighted by molar-refractivity contribution is 0.942. The molecule has 0 atom stereocenters. The first kappa shape index (κ1) is 9.35. The van der Waals surface area contributed by atoms with Crippen LogP contribution in [0, 0.1) is 0 Å². The van der Waals surface area contributed by atoms with Gasteiger partial charge in [-0.15, -0.1) is 0 Å². The predicted octanol–water partition coefficient (Wildman–Crippen LogP) is 2.27. The molecule has 0 bridgehead atoms. The number of H-pyrrole nitrogens is 1. The third-order valence-corrected chi connectivity index (χ3v) is 2.97. The zero-order chi connectivity index (χ0) is 11.9. The first-order valence-corrected chi connectivity index (χ1v) is 5.64. The molecular formula is C13H9N5. The van der Waals surface area contributed by atoms with Crippen molar-refractivity contribution in [1.29, 1.82) is 0 Å². The molecule has 0 aliphatic rings. The number of hydrogen-bond donors (Lipinski definition) is 1. The molecule has 0 spiro atoms. The van der Waals surface area contributed by atoms with E-state index in [9.17, 15) is 0 Å². The highest BCUT2D eigenvalue weighted by Gasteiger charge is 2.04. The SMILES string of the molecule is c1cn2nc(-c3ccc4nc[nH]c4c3)ccc2n1. The molecule has 0 amide bonds. The number of aromatic nitrogens is 5. The van der Waals surface area contributed by atoms with Gasteiger partial charge in [-0.05, 0) is 24.3 Å². The third kappa shape index (κ3) is 1.31. The molecule has 5 nitrogen and oxygen atoms in total. The Kier molecular flexibility index (Phi) is 1.77. The summed E-state index contributed by atoms with van der Waals surface area (Å²) in [4.78, 5) is 11.5. The smallest absolute Gasteiger partial charge is 0.153 e. The first-order chi connectivity index (χ1) is 8.90. The van der Waals surface area contributed by atoms with Crippen molar-refractivity contribution in [1.82, 2.24) is 24.6 Å². The average Bonchev–Trinajstić information content (AvgIpc) is 3.05. The molecule has 1 N–H and O–H groups in total. The van der Waals surface area contributed by atoms with Crippen molar-refractivity contribution in [2.75, 3.05) is 0 Å². The summed E-state index contributed by atoms with van der Waals surface area (Å²) >= 11 is 0. The van der Waals surface area contributed by atoms with Crippen LogP contribution in [-0.2, 0) is 0 Å². The topological polar surface area (TPSA) is 58.9 Å². The highest BCUT2D eigenvalue weighted by molar-refractivity contribution is 5.80. The Balaban J connectivity index is 1.93. The van der Waals surface area contributed by atoms with Crippen molar-refractivity contribution in [2.24, 2.45) is 0 Å². The number of aromatic amines is 1. The molecule has 0 aliphatic heterocycles. The van der Waals surface area contributed by atoms with E-state index in [0.717, 1.165) is 27.9 Å². The quantitative estimate of drug-likeness (QED) is 0.550. The molecule has 0 saturated carbocycles. The van der Waals surface area contributed by atoms with Gasteiger partial charge in [-0.3, -0.25) is 0 Å². The zero-order valence-electron chi connectivity index (χ0n) is 9.41. The van der Waals surface area contributed by atoms with Crippen LogP contribution in [0.5, 0.6) is 0 Å². The summed E-state index contributed by atoms with van der Waals surface area (Å²) in [6, 6.07) is 9.99. The molecule has 86 valence electrons. The van der Waals surface area contributed by atoms with Gasteiger partial charge in [0.15, 0.2) is 5.65 Å². The van der Waals surface area contributed by atoms with Gasteiger partial charge in [0.05, 0.1) is 23.1 Å². The molecule has 5 heteroatoms. The second-order valence-corrected chi connectivity index (χ2v) is 4.08. The fourth-order valence-corrected chi connectivity index (χ4v) is 2.06. The number of fused-ring (bicyclic) bond motifs is 2. The molecular weight excluding hydrogens is 226 g/mol. The fourth-order valence-electron chi connectivity index (χ4n) is 2.06. The largest absolute Gasteiger partial charge is 0.345 e. The second-order valence-electron chi connectivity index (χ2n) is 4.08. The number of imidazole rings is 2. The van der Waals surface area contributed by atoms with Crippen LogP contribution in [0.25, 0.3) is 27.9 Å². The Labute approximate surface area is 102 Å². The summed E-state index contributed by atoms with van der Waals surface area (Å²) in [6.45, 7) is 0. The summed E-state index contributed by atoms with van der Waals surface area (Å²) in [5, 5.41) is 4.52. The predicted molar refractivity (Wildman–Crippen MR) is 68.1 cm³/mol. The van der Waals surface area contributed by atoms with Crippen LogP contribution in [0.2, 0.25) is 0 Å². The Hall–Kier alpha value is -2.69. The first-order valence-electron chi connectivity index (χ1n) is 5.64. The van der Waals surface area contributed by atoms with Crippen LogP contribution in [-0.4, -0.2) is 24.6 Å². The average molecular weight is 235 g/mol. The van der Waals surface area contributed by atoms with Crippen molar-refractivity contribution < 1.29 is 0 Å². The lowest BCUT2D eigenvalue weighted by Gasteiger charge is -2.01. The molecule has 0 saturated heterocycles. The minimum atomic E-state index is 0.848. The standard InChI is InChI=1S/C13H9N5/c1-2-11-12(16-8-15-11)7-9(1)10-3-4-13-14-5-6-18(13)17-10/h1-8H,(H,15,16). The van der Waals surface area contributed by atoms with Crippen LogP contribution in [0.15, 0.2) is 49.1 Å². The monoisotopic (exact) mass is 235 g/mol. The highest BCUT2D eigenvalue weighted by Crippen LogP contribution is 2.21. The van der Waals surface area contributed by atoms with Gasteiger partial charge in [-0.1, -0.05) is 6.07 Å². The molecule has 1 aromatic carbocycles. The van der Waals surface area contributed by atoms with Gasteiger partial charge < -0.3 is 4.98 Å². The molecule has 3 heterocycles. The summed E-state index contributed by atoms with van der Waals surface area (Å²) in [5.74, 6) is 0. The van der Waals surface area contributed by atoms with E-state index >= 15 is 0 Å². The number of nitrogens with zero attached hydrogens (tertiary/aromatic N) is 4. The van der Waals surface area contributed by atoms with E-state index in [1.807, 2.05) is 36.5 Å². The van der Waals surface area contributed by atoms with Crippen molar-refractivity contribution in [3.05, 3.63) is 49.1 Å². The number of benzene rings is 1. The molecule has 0 aliphatic carbocycles. The summed E-state index contributed by atoms with van der Waals surface area (Å²) in [6.07, 6.45) is 5.28. The van der Waals surface area contributed by atoms with Gasteiger partial charge in [-0.25, -0.2) is 14.5 Å². The van der Waals surface area contributed by atoms with Crippen LogP contribution < -0.4 is 0 Å². The van der Waals surface area contributed by atoms with E-state index in [2.05, 4.69) is 20.1 Å². The molecule has 4 aromatic rings. The van der Waals surface area contributed by atoms with Gasteiger partial charge in [0.1, 0.15) is 0 Å². The third-order valence-electron chi connectivity index (χ3n) is 2.97. The Bertz CT molecular complexity index is 770. The van der Waals surface area contributed by atoms with E-state index in [1.165, 1.54) is 0 Å². The maximum Gasteiger partial charge on any atom is 0.153 e. The van der Waals surface area contributed by atoms with Crippen LogP contribution in [0.1, 0.15) is 0 Å². The Morgan fingerprint density at radius 1 is 1.06 bits per heavy atom. The van der Waals surface area contributed by atoms with Crippen molar-refractivity contribution in [3.63, 3.8) is 0 Å². The highest BCUT2D eigenvalue weighted by atomic mass is 15.2. The molecule has 0 fully saturated rings. The van der Waals surface area contributed by atoms with Gasteiger partial charge in [-0.2, -0.15) is 5.10 Å². The van der Waals surface area contributed by atoms with Crippen LogP contribution >= 0.6 is 0 Å². The van der Waals surface area contributed by atoms with Gasteiger partial charge in [0.2, 0.25) is 0 Å². The number of hydrogen-bond acceptors (Lipinski definition) is 3. The number of nitrogens with one attached hydrogen (secondary N) is 1. The fraction of sp³-hybridized carbons (Fsp3) is 0. The summed E-state index contributed by atoms with van der Waals surface area (Å²) in [7, 11) is 0. The molecule has 0 radical (unpaired) electrons. The van der Waals surface area contributed by atoms with Crippen molar-refractivity contribution in [3.8, 4) is 11.3 Å². The van der Waals surface area contributed by atoms with Crippen LogP contribution in [0.4, 0.5) is 0 Å². The molecule has 3 aromatic heterocycles. The Morgan fingerprint density at radius 3 is 3.06 bits per heavy atom. The molecule has 18 heavy (non-hydrogen) atoms. The minimum Gasteiger partial charge on any atom is -0.345 e. The van der Waals surface area contributed by atoms with Crippen molar-refractivity contribution in [2.45, 2.75) is 0 Å². The van der Waals surface area contributed by atoms with Gasteiger partial charge in [0.25, 0.3) is 0 Å². The van der Waals surface area contributed by atoms with Crippen molar-refractivity contribution >= 4 is 16.7 Å². The summed E-state index contributed by atoms with van der Waals surface area (Å²) in [5.41, 5.74) is 4.79. The Morgan fingerprint density at radius 2 is 2.06 bits per heavy atom. The second kappa shape index (κ2) is 3.40. The number of rotatable bonds is 1. The maximum absolute atomic E-state index is 4.52. The lowest BCUT2D eigenvalue weighted by atomic mass is 10.1. The lowest BCUT2D eigenvalue weighted by Crippen LogP contribution is -1.92. The minimum absolute atomic E-state index is 0.848. The van der Waals surface area contributed by atoms with Crippen LogP contribution in [0.3, 0.4) is 0 Å².